The van der Waals surface area contributed by atoms with Crippen molar-refractivity contribution in [3.05, 3.63) is 24.5 Å². The first-order chi connectivity index (χ1) is 3.00. The largest absolute Gasteiger partial charge is 0.159 e. The average molecular weight is 88.0 g/mol. The second kappa shape index (κ2) is 3.85. The van der Waals surface area contributed by atoms with Crippen LogP contribution in [0.15, 0.2) is 24.5 Å². The molecular formula is C4H5LiN2. The van der Waals surface area contributed by atoms with Gasteiger partial charge in [-0.15, -0.1) is 0 Å². The van der Waals surface area contributed by atoms with E-state index in [-0.39, 0.29) is 18.9 Å². The number of hydrogen-bond acceptors (Lipinski definition) is 2. The minimum Gasteiger partial charge on any atom is -0.159 e. The predicted octanol–water partition coefficient (Wildman–Crippen LogP) is -0.172. The summed E-state index contributed by atoms with van der Waals surface area (Å²) < 4.78 is 0. The molecule has 7 heavy (non-hydrogen) atoms. The minimum atomic E-state index is 0. The quantitative estimate of drug-likeness (QED) is 0.411. The summed E-state index contributed by atoms with van der Waals surface area (Å²) in [5.41, 5.74) is 0. The molecule has 2 nitrogen and oxygen atoms in total. The molecule has 0 saturated carbocycles. The summed E-state index contributed by atoms with van der Waals surface area (Å²) in [5.74, 6) is 0. The first-order valence-electron chi connectivity index (χ1n) is 1.72. The van der Waals surface area contributed by atoms with Crippen molar-refractivity contribution in [2.24, 2.45) is 0 Å². The van der Waals surface area contributed by atoms with E-state index in [1.807, 2.05) is 12.1 Å². The standard InChI is InChI=1S/C4H4N2.Li.H/c1-2-4-6-5-3-1;;/h1-4H;;. The Bertz CT molecular complexity index is 81.6. The molecule has 0 aliphatic carbocycles. The maximum absolute atomic E-state index is 3.53. The summed E-state index contributed by atoms with van der Waals surface area (Å²) in [4.78, 5) is 0. The number of hydrogen-bond donors (Lipinski definition) is 0. The van der Waals surface area contributed by atoms with Crippen molar-refractivity contribution in [1.29, 1.82) is 0 Å². The van der Waals surface area contributed by atoms with Crippen LogP contribution in [0.2, 0.25) is 0 Å². The Morgan fingerprint density at radius 2 is 1.29 bits per heavy atom. The van der Waals surface area contributed by atoms with E-state index >= 15 is 0 Å². The van der Waals surface area contributed by atoms with Gasteiger partial charge in [0.05, 0.1) is 0 Å². The second-order valence-electron chi connectivity index (χ2n) is 0.914. The third kappa shape index (κ3) is 2.38. The van der Waals surface area contributed by atoms with Gasteiger partial charge in [0.15, 0.2) is 0 Å². The Labute approximate surface area is 54.1 Å². The van der Waals surface area contributed by atoms with Crippen LogP contribution >= 0.6 is 0 Å². The van der Waals surface area contributed by atoms with Crippen molar-refractivity contribution >= 4 is 18.9 Å². The maximum atomic E-state index is 3.53. The van der Waals surface area contributed by atoms with E-state index in [0.29, 0.717) is 0 Å². The number of nitrogens with zero attached hydrogens (tertiary/aromatic N) is 2. The molecule has 0 aliphatic rings. The Kier molecular flexibility index (Phi) is 3.68. The normalized spacial score (nSPS) is 6.86. The SMILES string of the molecule is [LiH].c1ccnnc1. The molecule has 0 unspecified atom stereocenters. The Balaban J connectivity index is 0.000000360. The molecule has 1 heterocycles. The van der Waals surface area contributed by atoms with Gasteiger partial charge in [-0.3, -0.25) is 0 Å². The molecule has 0 fully saturated rings. The molecule has 0 bridgehead atoms. The molecule has 3 heteroatoms. The van der Waals surface area contributed by atoms with E-state index in [2.05, 4.69) is 10.2 Å². The van der Waals surface area contributed by atoms with E-state index in [1.54, 1.807) is 12.4 Å². The van der Waals surface area contributed by atoms with Crippen LogP contribution in [0.3, 0.4) is 0 Å². The molecule has 1 aromatic heterocycles. The maximum Gasteiger partial charge on any atom is 0.0496 e. The molecular weight excluding hydrogens is 83.0 g/mol. The van der Waals surface area contributed by atoms with Gasteiger partial charge >= 0.3 is 18.9 Å². The summed E-state index contributed by atoms with van der Waals surface area (Å²) >= 11 is 0. The van der Waals surface area contributed by atoms with E-state index in [4.69, 9.17) is 0 Å². The van der Waals surface area contributed by atoms with E-state index in [9.17, 15) is 0 Å². The summed E-state index contributed by atoms with van der Waals surface area (Å²) in [6, 6.07) is 3.65. The Morgan fingerprint density at radius 1 is 0.857 bits per heavy atom. The predicted molar refractivity (Wildman–Crippen MR) is 29.2 cm³/mol. The van der Waals surface area contributed by atoms with Gasteiger partial charge in [0.25, 0.3) is 0 Å². The third-order valence-corrected chi connectivity index (χ3v) is 0.483. The molecule has 0 atom stereocenters. The first-order valence-corrected chi connectivity index (χ1v) is 1.72. The van der Waals surface area contributed by atoms with E-state index in [1.165, 1.54) is 0 Å². The fourth-order valence-corrected chi connectivity index (χ4v) is 0.253. The molecule has 1 rings (SSSR count). The van der Waals surface area contributed by atoms with Gasteiger partial charge in [0.2, 0.25) is 0 Å². The zero-order valence-electron chi connectivity index (χ0n) is 3.20. The van der Waals surface area contributed by atoms with Crippen LogP contribution < -0.4 is 0 Å². The van der Waals surface area contributed by atoms with Crippen molar-refractivity contribution in [3.63, 3.8) is 0 Å². The molecule has 32 valence electrons. The summed E-state index contributed by atoms with van der Waals surface area (Å²) in [6.45, 7) is 0. The van der Waals surface area contributed by atoms with Crippen LogP contribution in [0.4, 0.5) is 0 Å². The first kappa shape index (κ1) is 6.68. The van der Waals surface area contributed by atoms with Gasteiger partial charge in [0, 0.05) is 12.4 Å². The van der Waals surface area contributed by atoms with Crippen LogP contribution in [-0.4, -0.2) is 29.1 Å². The van der Waals surface area contributed by atoms with Gasteiger partial charge in [0.1, 0.15) is 0 Å². The van der Waals surface area contributed by atoms with Gasteiger partial charge < -0.3 is 0 Å². The molecule has 0 amide bonds. The van der Waals surface area contributed by atoms with Crippen molar-refractivity contribution in [3.8, 4) is 0 Å². The minimum absolute atomic E-state index is 0. The zero-order valence-corrected chi connectivity index (χ0v) is 3.20. The van der Waals surface area contributed by atoms with Crippen LogP contribution in [0, 0.1) is 0 Å². The average Bonchev–Trinajstić information content (AvgIpc) is 1.72. The van der Waals surface area contributed by atoms with Crippen molar-refractivity contribution in [2.45, 2.75) is 0 Å². The smallest absolute Gasteiger partial charge is 0.0496 e. The van der Waals surface area contributed by atoms with Gasteiger partial charge in [-0.25, -0.2) is 0 Å². The van der Waals surface area contributed by atoms with Crippen LogP contribution in [0.1, 0.15) is 0 Å². The summed E-state index contributed by atoms with van der Waals surface area (Å²) in [6.07, 6.45) is 3.28. The molecule has 0 aliphatic heterocycles. The molecule has 0 aromatic carbocycles. The Hall–Kier alpha value is -0.323. The molecule has 0 radical (unpaired) electrons. The fourth-order valence-electron chi connectivity index (χ4n) is 0.253. The van der Waals surface area contributed by atoms with Crippen molar-refractivity contribution in [1.82, 2.24) is 10.2 Å². The third-order valence-electron chi connectivity index (χ3n) is 0.483. The number of rotatable bonds is 0. The molecule has 1 aromatic rings. The molecule has 0 N–H and O–H groups in total. The van der Waals surface area contributed by atoms with Crippen LogP contribution in [0.5, 0.6) is 0 Å². The van der Waals surface area contributed by atoms with Crippen LogP contribution in [-0.2, 0) is 0 Å². The Morgan fingerprint density at radius 3 is 1.43 bits per heavy atom. The van der Waals surface area contributed by atoms with Gasteiger partial charge in [-0.05, 0) is 12.1 Å². The second-order valence-corrected chi connectivity index (χ2v) is 0.914. The molecule has 0 saturated heterocycles. The zero-order chi connectivity index (χ0) is 4.24. The fraction of sp³-hybridized carbons (Fsp3) is 0. The van der Waals surface area contributed by atoms with Crippen molar-refractivity contribution in [2.75, 3.05) is 0 Å². The number of aromatic nitrogens is 2. The molecule has 0 spiro atoms. The van der Waals surface area contributed by atoms with E-state index in [0.717, 1.165) is 0 Å². The summed E-state index contributed by atoms with van der Waals surface area (Å²) in [5, 5.41) is 7.07. The van der Waals surface area contributed by atoms with Gasteiger partial charge in [-0.1, -0.05) is 0 Å². The van der Waals surface area contributed by atoms with E-state index < -0.39 is 0 Å². The topological polar surface area (TPSA) is 25.8 Å². The summed E-state index contributed by atoms with van der Waals surface area (Å²) in [7, 11) is 0. The van der Waals surface area contributed by atoms with Gasteiger partial charge in [-0.2, -0.15) is 10.2 Å². The van der Waals surface area contributed by atoms with Crippen LogP contribution in [0.25, 0.3) is 0 Å². The van der Waals surface area contributed by atoms with Crippen molar-refractivity contribution < 1.29 is 0 Å². The monoisotopic (exact) mass is 88.1 g/mol.